The van der Waals surface area contributed by atoms with Gasteiger partial charge in [-0.05, 0) is 71.4 Å². The van der Waals surface area contributed by atoms with E-state index in [-0.39, 0.29) is 5.54 Å². The fourth-order valence-corrected chi connectivity index (χ4v) is 3.79. The number of hydrogen-bond acceptors (Lipinski definition) is 2. The molecule has 0 spiro atoms. The van der Waals surface area contributed by atoms with E-state index in [1.54, 1.807) is 0 Å². The van der Waals surface area contributed by atoms with Gasteiger partial charge in [0.2, 0.25) is 0 Å². The molecule has 0 radical (unpaired) electrons. The van der Waals surface area contributed by atoms with Crippen LogP contribution in [0.5, 0.6) is 0 Å². The normalized spacial score (nSPS) is 27.9. The summed E-state index contributed by atoms with van der Waals surface area (Å²) in [7, 11) is 0. The molecule has 1 heterocycles. The first-order chi connectivity index (χ1) is 9.04. The highest BCUT2D eigenvalue weighted by Crippen LogP contribution is 2.37. The quantitative estimate of drug-likeness (QED) is 0.707. The molecule has 1 N–H and O–H groups in total. The van der Waals surface area contributed by atoms with Crippen molar-refractivity contribution in [2.45, 2.75) is 71.3 Å². The highest BCUT2D eigenvalue weighted by molar-refractivity contribution is 4.88. The predicted octanol–water partition coefficient (Wildman–Crippen LogP) is 3.67. The van der Waals surface area contributed by atoms with Gasteiger partial charge in [-0.25, -0.2) is 0 Å². The molecule has 2 fully saturated rings. The molecule has 1 aliphatic heterocycles. The van der Waals surface area contributed by atoms with Gasteiger partial charge in [-0.2, -0.15) is 0 Å². The molecule has 0 amide bonds. The first kappa shape index (κ1) is 15.3. The first-order valence-electron chi connectivity index (χ1n) is 8.52. The standard InChI is InChI=1S/C17H34N2/c1-17(2,3)18-11-6-4-5-7-12-19-13-15-9-8-10-16(15)14-19/h15-16,18H,4-14H2,1-3H3. The molecule has 0 aromatic rings. The van der Waals surface area contributed by atoms with Crippen LogP contribution >= 0.6 is 0 Å². The summed E-state index contributed by atoms with van der Waals surface area (Å²) in [6, 6.07) is 0. The van der Waals surface area contributed by atoms with Crippen LogP contribution in [-0.2, 0) is 0 Å². The van der Waals surface area contributed by atoms with Crippen molar-refractivity contribution in [2.75, 3.05) is 26.2 Å². The minimum absolute atomic E-state index is 0.285. The second-order valence-corrected chi connectivity index (χ2v) is 7.80. The number of rotatable bonds is 7. The van der Waals surface area contributed by atoms with Crippen LogP contribution in [0, 0.1) is 11.8 Å². The molecule has 1 saturated heterocycles. The van der Waals surface area contributed by atoms with Crippen LogP contribution < -0.4 is 5.32 Å². The Hall–Kier alpha value is -0.0800. The van der Waals surface area contributed by atoms with Crippen molar-refractivity contribution in [3.63, 3.8) is 0 Å². The zero-order chi connectivity index (χ0) is 13.7. The molecule has 112 valence electrons. The van der Waals surface area contributed by atoms with Crippen molar-refractivity contribution < 1.29 is 0 Å². The number of nitrogens with zero attached hydrogens (tertiary/aromatic N) is 1. The van der Waals surface area contributed by atoms with Crippen LogP contribution in [-0.4, -0.2) is 36.6 Å². The van der Waals surface area contributed by atoms with Gasteiger partial charge >= 0.3 is 0 Å². The van der Waals surface area contributed by atoms with E-state index in [1.165, 1.54) is 71.1 Å². The maximum absolute atomic E-state index is 3.57. The van der Waals surface area contributed by atoms with Crippen LogP contribution in [0.1, 0.15) is 65.7 Å². The van der Waals surface area contributed by atoms with Gasteiger partial charge in [0, 0.05) is 18.6 Å². The lowest BCUT2D eigenvalue weighted by Gasteiger charge is -2.20. The molecule has 2 atom stereocenters. The van der Waals surface area contributed by atoms with E-state index in [4.69, 9.17) is 0 Å². The van der Waals surface area contributed by atoms with Crippen LogP contribution in [0.4, 0.5) is 0 Å². The second kappa shape index (κ2) is 7.08. The fraction of sp³-hybridized carbons (Fsp3) is 1.00. The molecule has 0 aromatic heterocycles. The third-order valence-electron chi connectivity index (χ3n) is 4.86. The van der Waals surface area contributed by atoms with E-state index in [2.05, 4.69) is 31.0 Å². The Morgan fingerprint density at radius 2 is 1.58 bits per heavy atom. The third-order valence-corrected chi connectivity index (χ3v) is 4.86. The number of unbranched alkanes of at least 4 members (excludes halogenated alkanes) is 3. The van der Waals surface area contributed by atoms with E-state index in [9.17, 15) is 0 Å². The lowest BCUT2D eigenvalue weighted by Crippen LogP contribution is -2.36. The van der Waals surface area contributed by atoms with Crippen molar-refractivity contribution in [2.24, 2.45) is 11.8 Å². The van der Waals surface area contributed by atoms with Gasteiger partial charge in [0.05, 0.1) is 0 Å². The molecule has 2 rings (SSSR count). The zero-order valence-corrected chi connectivity index (χ0v) is 13.4. The lowest BCUT2D eigenvalue weighted by molar-refractivity contribution is 0.302. The summed E-state index contributed by atoms with van der Waals surface area (Å²) in [5.74, 6) is 2.13. The molecule has 2 aliphatic rings. The van der Waals surface area contributed by atoms with Gasteiger partial charge in [-0.15, -0.1) is 0 Å². The van der Waals surface area contributed by atoms with E-state index in [1.807, 2.05) is 0 Å². The number of hydrogen-bond donors (Lipinski definition) is 1. The molecule has 19 heavy (non-hydrogen) atoms. The minimum Gasteiger partial charge on any atom is -0.312 e. The van der Waals surface area contributed by atoms with Crippen molar-refractivity contribution >= 4 is 0 Å². The Labute approximate surface area is 120 Å². The number of fused-ring (bicyclic) bond motifs is 1. The highest BCUT2D eigenvalue weighted by atomic mass is 15.2. The minimum atomic E-state index is 0.285. The molecular weight excluding hydrogens is 232 g/mol. The third kappa shape index (κ3) is 5.43. The Morgan fingerprint density at radius 1 is 0.947 bits per heavy atom. The average molecular weight is 266 g/mol. The van der Waals surface area contributed by atoms with Crippen LogP contribution in [0.25, 0.3) is 0 Å². The Bertz CT molecular complexity index is 244. The SMILES string of the molecule is CC(C)(C)NCCCCCCN1CC2CCCC2C1. The predicted molar refractivity (Wildman–Crippen MR) is 83.5 cm³/mol. The molecule has 0 bridgehead atoms. The molecule has 0 aromatic carbocycles. The van der Waals surface area contributed by atoms with E-state index < -0.39 is 0 Å². The molecule has 2 nitrogen and oxygen atoms in total. The van der Waals surface area contributed by atoms with E-state index in [0.717, 1.165) is 11.8 Å². The largest absolute Gasteiger partial charge is 0.312 e. The summed E-state index contributed by atoms with van der Waals surface area (Å²) in [4.78, 5) is 2.74. The summed E-state index contributed by atoms with van der Waals surface area (Å²) in [6.45, 7) is 12.1. The first-order valence-corrected chi connectivity index (χ1v) is 8.52. The van der Waals surface area contributed by atoms with Gasteiger partial charge in [0.15, 0.2) is 0 Å². The zero-order valence-electron chi connectivity index (χ0n) is 13.4. The van der Waals surface area contributed by atoms with Gasteiger partial charge in [0.25, 0.3) is 0 Å². The topological polar surface area (TPSA) is 15.3 Å². The van der Waals surface area contributed by atoms with E-state index >= 15 is 0 Å². The van der Waals surface area contributed by atoms with Crippen molar-refractivity contribution in [1.82, 2.24) is 10.2 Å². The maximum Gasteiger partial charge on any atom is 0.00965 e. The van der Waals surface area contributed by atoms with Crippen molar-refractivity contribution in [1.29, 1.82) is 0 Å². The van der Waals surface area contributed by atoms with Gasteiger partial charge in [0.1, 0.15) is 0 Å². The molecule has 1 saturated carbocycles. The van der Waals surface area contributed by atoms with Crippen LogP contribution in [0.3, 0.4) is 0 Å². The Balaban J connectivity index is 1.43. The summed E-state index contributed by atoms with van der Waals surface area (Å²) in [5, 5.41) is 3.57. The monoisotopic (exact) mass is 266 g/mol. The van der Waals surface area contributed by atoms with Gasteiger partial charge in [-0.3, -0.25) is 0 Å². The summed E-state index contributed by atoms with van der Waals surface area (Å²) >= 11 is 0. The highest BCUT2D eigenvalue weighted by Gasteiger charge is 2.35. The Kier molecular flexibility index (Phi) is 5.70. The second-order valence-electron chi connectivity index (χ2n) is 7.80. The maximum atomic E-state index is 3.57. The van der Waals surface area contributed by atoms with Crippen molar-refractivity contribution in [3.05, 3.63) is 0 Å². The van der Waals surface area contributed by atoms with Gasteiger partial charge < -0.3 is 10.2 Å². The Morgan fingerprint density at radius 3 is 2.21 bits per heavy atom. The lowest BCUT2D eigenvalue weighted by atomic mass is 10.0. The smallest absolute Gasteiger partial charge is 0.00965 e. The summed E-state index contributed by atoms with van der Waals surface area (Å²) < 4.78 is 0. The summed E-state index contributed by atoms with van der Waals surface area (Å²) in [6.07, 6.45) is 10.1. The fourth-order valence-electron chi connectivity index (χ4n) is 3.79. The molecular formula is C17H34N2. The molecule has 2 heteroatoms. The number of nitrogens with one attached hydrogen (secondary N) is 1. The molecule has 2 unspecified atom stereocenters. The van der Waals surface area contributed by atoms with Crippen molar-refractivity contribution in [3.8, 4) is 0 Å². The van der Waals surface area contributed by atoms with Crippen LogP contribution in [0.2, 0.25) is 0 Å². The average Bonchev–Trinajstić information content (AvgIpc) is 2.86. The van der Waals surface area contributed by atoms with E-state index in [0.29, 0.717) is 0 Å². The summed E-state index contributed by atoms with van der Waals surface area (Å²) in [5.41, 5.74) is 0.285. The number of likely N-dealkylation sites (tertiary alicyclic amines) is 1. The van der Waals surface area contributed by atoms with Crippen LogP contribution in [0.15, 0.2) is 0 Å². The van der Waals surface area contributed by atoms with Gasteiger partial charge in [-0.1, -0.05) is 19.3 Å². The molecule has 1 aliphatic carbocycles.